The highest BCUT2D eigenvalue weighted by molar-refractivity contribution is 7.88. The van der Waals surface area contributed by atoms with Gasteiger partial charge >= 0.3 is 15.6 Å². The first-order chi connectivity index (χ1) is 35.4. The van der Waals surface area contributed by atoms with Gasteiger partial charge < -0.3 is 4.18 Å². The van der Waals surface area contributed by atoms with Crippen molar-refractivity contribution in [3.8, 4) is 72.5 Å². The molecule has 0 aliphatic carbocycles. The summed E-state index contributed by atoms with van der Waals surface area (Å²) in [6.07, 6.45) is 0. The number of hydrogen-bond donors (Lipinski definition) is 0. The van der Waals surface area contributed by atoms with Gasteiger partial charge in [-0.05, 0) is 276 Å². The summed E-state index contributed by atoms with van der Waals surface area (Å²) in [7, 11) is -6.09. The SMILES string of the molecule is Cc1cc(C)c(-c2ccc(C)c(-c3cc4c5ccc(-c6c(C)cc(C)cc6C)cc5c(-c5cc(-c6c(C)cc(C)cc6C)ccc5OS(=O)(=O)C(F)(F)F)cc4c4ccc(-c5c(C)cc(C)cc5C)cc34)c2)c(C)c1. The van der Waals surface area contributed by atoms with Crippen molar-refractivity contribution in [3.63, 3.8) is 0 Å². The molecular formula is C68H61F3O3S. The Bertz CT molecular complexity index is 4090. The van der Waals surface area contributed by atoms with Gasteiger partial charge in [0, 0.05) is 5.56 Å². The normalized spacial score (nSPS) is 12.1. The Morgan fingerprint density at radius 1 is 0.307 bits per heavy atom. The fraction of sp³-hybridized carbons (Fsp3) is 0.206. The number of halogens is 3. The molecule has 0 aliphatic rings. The average Bonchev–Trinajstić information content (AvgIpc) is 3.30. The minimum Gasteiger partial charge on any atom is -0.375 e. The van der Waals surface area contributed by atoms with Gasteiger partial charge in [-0.3, -0.25) is 0 Å². The summed E-state index contributed by atoms with van der Waals surface area (Å²) in [5.41, 5.74) is 19.9. The van der Waals surface area contributed by atoms with Crippen molar-refractivity contribution in [2.75, 3.05) is 0 Å². The van der Waals surface area contributed by atoms with Crippen LogP contribution >= 0.6 is 0 Å². The Morgan fingerprint density at radius 3 is 0.973 bits per heavy atom. The minimum absolute atomic E-state index is 0.216. The first-order valence-corrected chi connectivity index (χ1v) is 26.9. The number of alkyl halides is 3. The van der Waals surface area contributed by atoms with E-state index in [-0.39, 0.29) is 5.56 Å². The van der Waals surface area contributed by atoms with Gasteiger partial charge in [-0.2, -0.15) is 21.6 Å². The summed E-state index contributed by atoms with van der Waals surface area (Å²) < 4.78 is 74.8. The lowest BCUT2D eigenvalue weighted by molar-refractivity contribution is -0.0499. The lowest BCUT2D eigenvalue weighted by atomic mass is 9.83. The lowest BCUT2D eigenvalue weighted by Gasteiger charge is -2.22. The van der Waals surface area contributed by atoms with Gasteiger partial charge in [-0.15, -0.1) is 0 Å². The van der Waals surface area contributed by atoms with Gasteiger partial charge in [0.2, 0.25) is 0 Å². The number of aryl methyl sites for hydroxylation is 13. The molecular weight excluding hydrogens is 954 g/mol. The first-order valence-electron chi connectivity index (χ1n) is 25.5. The molecule has 0 amide bonds. The van der Waals surface area contributed by atoms with Crippen molar-refractivity contribution in [3.05, 3.63) is 206 Å². The van der Waals surface area contributed by atoms with E-state index in [4.69, 9.17) is 4.18 Å². The molecule has 0 N–H and O–H groups in total. The molecule has 0 unspecified atom stereocenters. The van der Waals surface area contributed by atoms with Crippen molar-refractivity contribution in [2.45, 2.75) is 95.5 Å². The van der Waals surface area contributed by atoms with Gasteiger partial charge in [0.15, 0.2) is 5.75 Å². The van der Waals surface area contributed by atoms with Gasteiger partial charge in [0.05, 0.1) is 0 Å². The Labute approximate surface area is 439 Å². The Kier molecular flexibility index (Phi) is 12.7. The molecule has 0 bridgehead atoms. The third kappa shape index (κ3) is 9.09. The summed E-state index contributed by atoms with van der Waals surface area (Å²) in [6.45, 7) is 27.3. The van der Waals surface area contributed by atoms with Gasteiger partial charge in [0.1, 0.15) is 0 Å². The summed E-state index contributed by atoms with van der Waals surface area (Å²) in [5, 5.41) is 5.31. The van der Waals surface area contributed by atoms with Crippen LogP contribution in [0.15, 0.2) is 133 Å². The van der Waals surface area contributed by atoms with E-state index in [1.165, 1.54) is 45.0 Å². The second-order valence-electron chi connectivity index (χ2n) is 21.3. The molecule has 10 rings (SSSR count). The standard InChI is InChI=1S/C68H61F3O3S/c1-36-22-41(6)64(42(7)23-36)49-15-14-40(5)55(30-49)60-34-58-54-20-17-51(66-45(10)26-38(3)27-46(66)11)32-57(54)61(35-59(58)53-19-16-50(31-56(53)60)65-43(8)24-37(2)25-44(65)9)62-33-52(67-47(12)28-39(4)29-48(67)13)18-21-63(62)74-75(72,73)68(69,70)71/h14-35H,1-13H3. The van der Waals surface area contributed by atoms with Crippen LogP contribution in [-0.2, 0) is 10.1 Å². The molecule has 3 nitrogen and oxygen atoms in total. The van der Waals surface area contributed by atoms with Crippen LogP contribution in [0.25, 0.3) is 99.1 Å². The maximum Gasteiger partial charge on any atom is 0.534 e. The second kappa shape index (κ2) is 18.7. The molecule has 0 spiro atoms. The van der Waals surface area contributed by atoms with Crippen LogP contribution in [0.4, 0.5) is 13.2 Å². The summed E-state index contributed by atoms with van der Waals surface area (Å²) in [5.74, 6) is -0.421. The number of benzene rings is 10. The molecule has 0 saturated carbocycles. The van der Waals surface area contributed by atoms with E-state index in [2.05, 4.69) is 178 Å². The largest absolute Gasteiger partial charge is 0.534 e. The van der Waals surface area contributed by atoms with E-state index in [0.29, 0.717) is 5.56 Å². The van der Waals surface area contributed by atoms with E-state index in [1.807, 2.05) is 26.8 Å². The van der Waals surface area contributed by atoms with Gasteiger partial charge in [-0.25, -0.2) is 0 Å². The van der Waals surface area contributed by atoms with E-state index < -0.39 is 21.4 Å². The van der Waals surface area contributed by atoms with Crippen molar-refractivity contribution in [1.82, 2.24) is 0 Å². The molecule has 0 heterocycles. The maximum absolute atomic E-state index is 14.4. The molecule has 0 aliphatic heterocycles. The molecule has 0 fully saturated rings. The van der Waals surface area contributed by atoms with Crippen LogP contribution in [0.3, 0.4) is 0 Å². The van der Waals surface area contributed by atoms with Crippen LogP contribution in [0.2, 0.25) is 0 Å². The summed E-state index contributed by atoms with van der Waals surface area (Å²) in [4.78, 5) is 0. The van der Waals surface area contributed by atoms with Crippen LogP contribution in [0.5, 0.6) is 5.75 Å². The molecule has 0 aromatic heterocycles. The van der Waals surface area contributed by atoms with Crippen LogP contribution in [0, 0.1) is 90.0 Å². The topological polar surface area (TPSA) is 43.4 Å². The maximum atomic E-state index is 14.4. The lowest BCUT2D eigenvalue weighted by Crippen LogP contribution is -2.28. The predicted molar refractivity (Wildman–Crippen MR) is 309 cm³/mol. The van der Waals surface area contributed by atoms with Crippen molar-refractivity contribution in [1.29, 1.82) is 0 Å². The van der Waals surface area contributed by atoms with Crippen LogP contribution in [0.1, 0.15) is 72.3 Å². The highest BCUT2D eigenvalue weighted by Gasteiger charge is 2.49. The van der Waals surface area contributed by atoms with Gasteiger partial charge in [0.25, 0.3) is 0 Å². The highest BCUT2D eigenvalue weighted by atomic mass is 32.2. The fourth-order valence-electron chi connectivity index (χ4n) is 12.5. The molecule has 0 radical (unpaired) electrons. The van der Waals surface area contributed by atoms with Crippen LogP contribution < -0.4 is 4.18 Å². The zero-order valence-electron chi connectivity index (χ0n) is 45.0. The van der Waals surface area contributed by atoms with E-state index >= 15 is 0 Å². The third-order valence-electron chi connectivity index (χ3n) is 15.2. The molecule has 378 valence electrons. The zero-order valence-corrected chi connectivity index (χ0v) is 45.8. The Morgan fingerprint density at radius 2 is 0.613 bits per heavy atom. The molecule has 75 heavy (non-hydrogen) atoms. The highest BCUT2D eigenvalue weighted by Crippen LogP contribution is 2.49. The Hall–Kier alpha value is -7.48. The Balaban J connectivity index is 1.38. The molecule has 0 atom stereocenters. The zero-order chi connectivity index (χ0) is 53.7. The summed E-state index contributed by atoms with van der Waals surface area (Å²) in [6, 6.07) is 46.2. The average molecular weight is 1020 g/mol. The van der Waals surface area contributed by atoms with Crippen LogP contribution in [-0.4, -0.2) is 13.9 Å². The fourth-order valence-corrected chi connectivity index (χ4v) is 13.0. The predicted octanol–water partition coefficient (Wildman–Crippen LogP) is 19.4. The van der Waals surface area contributed by atoms with Crippen molar-refractivity contribution in [2.24, 2.45) is 0 Å². The number of fused-ring (bicyclic) bond motifs is 5. The molecule has 0 saturated heterocycles. The quantitative estimate of drug-likeness (QED) is 0.0865. The molecule has 10 aromatic carbocycles. The number of rotatable bonds is 8. The first kappa shape index (κ1) is 51.0. The molecule has 10 aromatic rings. The smallest absolute Gasteiger partial charge is 0.375 e. The van der Waals surface area contributed by atoms with Crippen molar-refractivity contribution >= 4 is 42.4 Å². The van der Waals surface area contributed by atoms with E-state index in [0.717, 1.165) is 121 Å². The van der Waals surface area contributed by atoms with E-state index in [9.17, 15) is 21.6 Å². The van der Waals surface area contributed by atoms with E-state index in [1.54, 1.807) is 12.1 Å². The third-order valence-corrected chi connectivity index (χ3v) is 16.2. The van der Waals surface area contributed by atoms with Crippen molar-refractivity contribution < 1.29 is 25.8 Å². The molecule has 7 heteroatoms. The number of hydrogen-bond acceptors (Lipinski definition) is 3. The minimum atomic E-state index is -6.09. The second-order valence-corrected chi connectivity index (χ2v) is 22.8. The van der Waals surface area contributed by atoms with Gasteiger partial charge in [-0.1, -0.05) is 113 Å². The monoisotopic (exact) mass is 1010 g/mol. The summed E-state index contributed by atoms with van der Waals surface area (Å²) >= 11 is 0.